The highest BCUT2D eigenvalue weighted by Crippen LogP contribution is 2.16. The first-order chi connectivity index (χ1) is 8.65. The molecule has 96 valence electrons. The third kappa shape index (κ3) is 3.59. The fourth-order valence-corrected chi connectivity index (χ4v) is 1.95. The third-order valence-corrected chi connectivity index (χ3v) is 3.02. The van der Waals surface area contributed by atoms with E-state index in [1.54, 1.807) is 18.4 Å². The molecule has 0 aliphatic carbocycles. The van der Waals surface area contributed by atoms with E-state index in [0.717, 1.165) is 17.7 Å². The van der Waals surface area contributed by atoms with Crippen molar-refractivity contribution in [2.75, 3.05) is 0 Å². The molecule has 0 amide bonds. The Labute approximate surface area is 111 Å². The molecule has 0 saturated carbocycles. The Balaban J connectivity index is 1.85. The Morgan fingerprint density at radius 3 is 2.89 bits per heavy atom. The van der Waals surface area contributed by atoms with Crippen molar-refractivity contribution in [3.8, 4) is 0 Å². The lowest BCUT2D eigenvalue weighted by atomic mass is 10.1. The van der Waals surface area contributed by atoms with Gasteiger partial charge in [0, 0.05) is 19.0 Å². The largest absolute Gasteiger partial charge is 0.469 e. The van der Waals surface area contributed by atoms with Crippen LogP contribution in [0.4, 0.5) is 4.39 Å². The number of benzene rings is 1. The van der Waals surface area contributed by atoms with E-state index in [1.165, 1.54) is 6.07 Å². The van der Waals surface area contributed by atoms with E-state index >= 15 is 0 Å². The van der Waals surface area contributed by atoms with Crippen molar-refractivity contribution >= 4 is 11.6 Å². The van der Waals surface area contributed by atoms with Crippen LogP contribution in [-0.4, -0.2) is 6.04 Å². The van der Waals surface area contributed by atoms with Gasteiger partial charge in [-0.25, -0.2) is 4.39 Å². The van der Waals surface area contributed by atoms with Crippen LogP contribution in [0.2, 0.25) is 5.02 Å². The summed E-state index contributed by atoms with van der Waals surface area (Å²) in [6.07, 6.45) is 2.49. The second kappa shape index (κ2) is 6.03. The highest BCUT2D eigenvalue weighted by molar-refractivity contribution is 6.30. The van der Waals surface area contributed by atoms with Gasteiger partial charge in [0.05, 0.1) is 11.3 Å². The van der Waals surface area contributed by atoms with Gasteiger partial charge in [-0.05, 0) is 36.8 Å². The monoisotopic (exact) mass is 267 g/mol. The smallest absolute Gasteiger partial charge is 0.141 e. The maximum absolute atomic E-state index is 13.0. The van der Waals surface area contributed by atoms with Gasteiger partial charge in [-0.3, -0.25) is 0 Å². The minimum atomic E-state index is -0.385. The summed E-state index contributed by atoms with van der Waals surface area (Å²) in [5.41, 5.74) is 0.965. The van der Waals surface area contributed by atoms with Crippen molar-refractivity contribution in [3.63, 3.8) is 0 Å². The summed E-state index contributed by atoms with van der Waals surface area (Å²) in [4.78, 5) is 0. The number of halogens is 2. The number of furan rings is 1. The van der Waals surface area contributed by atoms with Gasteiger partial charge >= 0.3 is 0 Å². The van der Waals surface area contributed by atoms with Crippen molar-refractivity contribution in [2.45, 2.75) is 25.9 Å². The molecule has 1 aromatic heterocycles. The molecule has 2 nitrogen and oxygen atoms in total. The minimum Gasteiger partial charge on any atom is -0.469 e. The minimum absolute atomic E-state index is 0.160. The average molecular weight is 268 g/mol. The zero-order valence-corrected chi connectivity index (χ0v) is 10.9. The van der Waals surface area contributed by atoms with Crippen LogP contribution in [-0.2, 0) is 13.0 Å². The summed E-state index contributed by atoms with van der Waals surface area (Å²) in [7, 11) is 0. The lowest BCUT2D eigenvalue weighted by Crippen LogP contribution is -2.27. The van der Waals surface area contributed by atoms with Crippen molar-refractivity contribution in [3.05, 3.63) is 58.8 Å². The van der Waals surface area contributed by atoms with Crippen LogP contribution in [0.3, 0.4) is 0 Å². The first kappa shape index (κ1) is 13.1. The lowest BCUT2D eigenvalue weighted by Gasteiger charge is -2.12. The zero-order valence-electron chi connectivity index (χ0n) is 10.1. The topological polar surface area (TPSA) is 25.2 Å². The molecule has 1 unspecified atom stereocenters. The molecule has 0 aliphatic rings. The van der Waals surface area contributed by atoms with Gasteiger partial charge in [-0.15, -0.1) is 0 Å². The van der Waals surface area contributed by atoms with E-state index in [1.807, 2.05) is 12.1 Å². The third-order valence-electron chi connectivity index (χ3n) is 2.73. The summed E-state index contributed by atoms with van der Waals surface area (Å²) in [5.74, 6) is 0.566. The molecule has 0 bridgehead atoms. The SMILES string of the molecule is CC(Cc1ccco1)NCc1ccc(F)c(Cl)c1. The summed E-state index contributed by atoms with van der Waals surface area (Å²) >= 11 is 5.73. The van der Waals surface area contributed by atoms with Crippen LogP contribution in [0, 0.1) is 5.82 Å². The Morgan fingerprint density at radius 2 is 2.22 bits per heavy atom. The normalized spacial score (nSPS) is 12.6. The van der Waals surface area contributed by atoms with E-state index in [4.69, 9.17) is 16.0 Å². The van der Waals surface area contributed by atoms with E-state index < -0.39 is 0 Å². The predicted molar refractivity (Wildman–Crippen MR) is 70.1 cm³/mol. The summed E-state index contributed by atoms with van der Waals surface area (Å²) in [5, 5.41) is 3.50. The van der Waals surface area contributed by atoms with Gasteiger partial charge in [0.25, 0.3) is 0 Å². The van der Waals surface area contributed by atoms with Crippen molar-refractivity contribution in [1.82, 2.24) is 5.32 Å². The van der Waals surface area contributed by atoms with E-state index in [0.29, 0.717) is 6.54 Å². The van der Waals surface area contributed by atoms with Gasteiger partial charge in [0.2, 0.25) is 0 Å². The van der Waals surface area contributed by atoms with Crippen molar-refractivity contribution < 1.29 is 8.81 Å². The van der Waals surface area contributed by atoms with Gasteiger partial charge in [-0.2, -0.15) is 0 Å². The molecule has 0 spiro atoms. The van der Waals surface area contributed by atoms with Gasteiger partial charge in [-0.1, -0.05) is 17.7 Å². The molecule has 1 heterocycles. The fraction of sp³-hybridized carbons (Fsp3) is 0.286. The fourth-order valence-electron chi connectivity index (χ4n) is 1.74. The highest BCUT2D eigenvalue weighted by atomic mass is 35.5. The van der Waals surface area contributed by atoms with Gasteiger partial charge < -0.3 is 9.73 Å². The Morgan fingerprint density at radius 1 is 1.39 bits per heavy atom. The Kier molecular flexibility index (Phi) is 4.39. The molecular formula is C14H15ClFNO. The van der Waals surface area contributed by atoms with Gasteiger partial charge in [0.1, 0.15) is 11.6 Å². The second-order valence-electron chi connectivity index (χ2n) is 4.31. The van der Waals surface area contributed by atoms with E-state index in [2.05, 4.69) is 12.2 Å². The molecule has 0 saturated heterocycles. The van der Waals surface area contributed by atoms with Crippen LogP contribution >= 0.6 is 11.6 Å². The van der Waals surface area contributed by atoms with Crippen LogP contribution in [0.25, 0.3) is 0 Å². The molecule has 1 atom stereocenters. The first-order valence-corrected chi connectivity index (χ1v) is 6.22. The highest BCUT2D eigenvalue weighted by Gasteiger charge is 2.06. The molecule has 4 heteroatoms. The van der Waals surface area contributed by atoms with Gasteiger partial charge in [0.15, 0.2) is 0 Å². The van der Waals surface area contributed by atoms with Crippen LogP contribution < -0.4 is 5.32 Å². The van der Waals surface area contributed by atoms with Crippen molar-refractivity contribution in [2.24, 2.45) is 0 Å². The molecule has 0 aliphatic heterocycles. The molecule has 18 heavy (non-hydrogen) atoms. The molecule has 0 fully saturated rings. The molecule has 1 aromatic carbocycles. The van der Waals surface area contributed by atoms with Crippen LogP contribution in [0.1, 0.15) is 18.2 Å². The molecule has 2 aromatic rings. The Hall–Kier alpha value is -1.32. The summed E-state index contributed by atoms with van der Waals surface area (Å²) < 4.78 is 18.3. The molecular weight excluding hydrogens is 253 g/mol. The maximum Gasteiger partial charge on any atom is 0.141 e. The first-order valence-electron chi connectivity index (χ1n) is 5.85. The predicted octanol–water partition coefficient (Wildman–Crippen LogP) is 3.79. The number of hydrogen-bond donors (Lipinski definition) is 1. The number of rotatable bonds is 5. The lowest BCUT2D eigenvalue weighted by molar-refractivity contribution is 0.456. The maximum atomic E-state index is 13.0. The molecule has 1 N–H and O–H groups in total. The van der Waals surface area contributed by atoms with E-state index in [-0.39, 0.29) is 16.9 Å². The van der Waals surface area contributed by atoms with Crippen LogP contribution in [0.5, 0.6) is 0 Å². The molecule has 2 rings (SSSR count). The summed E-state index contributed by atoms with van der Waals surface area (Å²) in [6, 6.07) is 8.86. The van der Waals surface area contributed by atoms with Crippen LogP contribution in [0.15, 0.2) is 41.0 Å². The average Bonchev–Trinajstić information content (AvgIpc) is 2.83. The number of hydrogen-bond acceptors (Lipinski definition) is 2. The second-order valence-corrected chi connectivity index (χ2v) is 4.72. The van der Waals surface area contributed by atoms with Crippen molar-refractivity contribution in [1.29, 1.82) is 0 Å². The van der Waals surface area contributed by atoms with E-state index in [9.17, 15) is 4.39 Å². The molecule has 0 radical (unpaired) electrons. The Bertz CT molecular complexity index is 499. The standard InChI is InChI=1S/C14H15ClFNO/c1-10(7-12-3-2-6-18-12)17-9-11-4-5-14(16)13(15)8-11/h2-6,8,10,17H,7,9H2,1H3. The zero-order chi connectivity index (χ0) is 13.0. The number of nitrogens with one attached hydrogen (secondary N) is 1. The summed E-state index contributed by atoms with van der Waals surface area (Å²) in [6.45, 7) is 2.73. The quantitative estimate of drug-likeness (QED) is 0.892.